The maximum Gasteiger partial charge on any atom is 0.322 e. The number of rotatable bonds is 4. The van der Waals surface area contributed by atoms with Crippen molar-refractivity contribution in [2.45, 2.75) is 25.3 Å². The normalized spacial score (nSPS) is 20.7. The molecule has 5 nitrogen and oxygen atoms in total. The van der Waals surface area contributed by atoms with Crippen molar-refractivity contribution in [3.63, 3.8) is 0 Å². The monoisotopic (exact) mass is 379 g/mol. The lowest BCUT2D eigenvalue weighted by Gasteiger charge is -2.39. The van der Waals surface area contributed by atoms with E-state index in [-0.39, 0.29) is 12.1 Å². The predicted molar refractivity (Wildman–Crippen MR) is 113 cm³/mol. The number of anilines is 1. The summed E-state index contributed by atoms with van der Waals surface area (Å²) in [5.41, 5.74) is 3.12. The molecule has 28 heavy (non-hydrogen) atoms. The minimum Gasteiger partial charge on any atom is -0.379 e. The zero-order chi connectivity index (χ0) is 19.2. The summed E-state index contributed by atoms with van der Waals surface area (Å²) in [6.07, 6.45) is 3.36. The van der Waals surface area contributed by atoms with Crippen molar-refractivity contribution in [3.8, 4) is 11.1 Å². The van der Waals surface area contributed by atoms with Gasteiger partial charge in [0.2, 0.25) is 0 Å². The summed E-state index contributed by atoms with van der Waals surface area (Å²) in [6, 6.07) is 18.6. The predicted octanol–water partition coefficient (Wildman–Crippen LogP) is 4.07. The lowest BCUT2D eigenvalue weighted by molar-refractivity contribution is 0.0229. The maximum absolute atomic E-state index is 13.0. The molecule has 0 aliphatic carbocycles. The van der Waals surface area contributed by atoms with Gasteiger partial charge in [-0.15, -0.1) is 0 Å². The number of ether oxygens (including phenoxy) is 1. The molecule has 0 unspecified atom stereocenters. The van der Waals surface area contributed by atoms with Crippen molar-refractivity contribution in [3.05, 3.63) is 54.6 Å². The van der Waals surface area contributed by atoms with Crippen LogP contribution in [-0.4, -0.2) is 61.3 Å². The van der Waals surface area contributed by atoms with Crippen LogP contribution in [0.3, 0.4) is 0 Å². The summed E-state index contributed by atoms with van der Waals surface area (Å²) in [5.74, 6) is 0. The van der Waals surface area contributed by atoms with Crippen LogP contribution in [0.25, 0.3) is 11.1 Å². The highest BCUT2D eigenvalue weighted by Crippen LogP contribution is 2.24. The molecule has 0 spiro atoms. The largest absolute Gasteiger partial charge is 0.379 e. The Balaban J connectivity index is 1.43. The van der Waals surface area contributed by atoms with Crippen LogP contribution >= 0.6 is 0 Å². The first kappa shape index (κ1) is 19.0. The van der Waals surface area contributed by atoms with Gasteiger partial charge in [-0.05, 0) is 42.5 Å². The number of amides is 2. The first-order valence-corrected chi connectivity index (χ1v) is 10.3. The number of carbonyl (C=O) groups excluding carboxylic acids is 1. The molecular formula is C23H29N3O2. The third-order valence-electron chi connectivity index (χ3n) is 5.68. The van der Waals surface area contributed by atoms with Crippen LogP contribution < -0.4 is 5.32 Å². The molecule has 2 aromatic carbocycles. The zero-order valence-electron chi connectivity index (χ0n) is 16.3. The SMILES string of the molecule is O=C(Nc1cccc(-c2ccccc2)c1)N1CCCC[C@H]1CN1CCOCC1. The number of hydrogen-bond donors (Lipinski definition) is 1. The second-order valence-corrected chi connectivity index (χ2v) is 7.63. The highest BCUT2D eigenvalue weighted by molar-refractivity contribution is 5.90. The second kappa shape index (κ2) is 9.22. The standard InChI is InChI=1S/C23H29N3O2/c27-23(24-21-10-6-9-20(17-21)19-7-2-1-3-8-19)26-12-5-4-11-22(26)18-25-13-15-28-16-14-25/h1-3,6-10,17,22H,4-5,11-16,18H2,(H,24,27)/t22-/m0/s1. The van der Waals surface area contributed by atoms with E-state index in [0.717, 1.165) is 69.0 Å². The van der Waals surface area contributed by atoms with Gasteiger partial charge < -0.3 is 15.0 Å². The van der Waals surface area contributed by atoms with Gasteiger partial charge >= 0.3 is 6.03 Å². The molecule has 1 N–H and O–H groups in total. The van der Waals surface area contributed by atoms with E-state index in [0.29, 0.717) is 0 Å². The molecule has 148 valence electrons. The number of likely N-dealkylation sites (tertiary alicyclic amines) is 1. The second-order valence-electron chi connectivity index (χ2n) is 7.63. The minimum absolute atomic E-state index is 0.0168. The number of morpholine rings is 1. The summed E-state index contributed by atoms with van der Waals surface area (Å²) in [4.78, 5) is 17.5. The molecule has 2 fully saturated rings. The van der Waals surface area contributed by atoms with Crippen molar-refractivity contribution in [2.75, 3.05) is 44.7 Å². The van der Waals surface area contributed by atoms with E-state index >= 15 is 0 Å². The molecule has 4 rings (SSSR count). The number of piperidine rings is 1. The van der Waals surface area contributed by atoms with Gasteiger partial charge in [-0.3, -0.25) is 4.90 Å². The van der Waals surface area contributed by atoms with Crippen molar-refractivity contribution in [2.24, 2.45) is 0 Å². The Bertz CT molecular complexity index is 774. The fourth-order valence-corrected chi connectivity index (χ4v) is 4.14. The molecule has 0 saturated carbocycles. The average molecular weight is 380 g/mol. The van der Waals surface area contributed by atoms with Crippen molar-refractivity contribution in [1.29, 1.82) is 0 Å². The maximum atomic E-state index is 13.0. The Morgan fingerprint density at radius 2 is 1.75 bits per heavy atom. The van der Waals surface area contributed by atoms with Gasteiger partial charge in [0.25, 0.3) is 0 Å². The molecule has 1 atom stereocenters. The Morgan fingerprint density at radius 1 is 0.964 bits per heavy atom. The van der Waals surface area contributed by atoms with Crippen LogP contribution in [0.5, 0.6) is 0 Å². The first-order valence-electron chi connectivity index (χ1n) is 10.3. The van der Waals surface area contributed by atoms with E-state index in [1.54, 1.807) is 0 Å². The summed E-state index contributed by atoms with van der Waals surface area (Å²) in [7, 11) is 0. The quantitative estimate of drug-likeness (QED) is 0.871. The highest BCUT2D eigenvalue weighted by atomic mass is 16.5. The number of nitrogens with one attached hydrogen (secondary N) is 1. The van der Waals surface area contributed by atoms with E-state index in [9.17, 15) is 4.79 Å². The molecule has 2 aliphatic heterocycles. The minimum atomic E-state index is 0.0168. The highest BCUT2D eigenvalue weighted by Gasteiger charge is 2.28. The van der Waals surface area contributed by atoms with Gasteiger partial charge in [-0.2, -0.15) is 0 Å². The molecule has 2 saturated heterocycles. The fourth-order valence-electron chi connectivity index (χ4n) is 4.14. The van der Waals surface area contributed by atoms with Gasteiger partial charge in [0.05, 0.1) is 13.2 Å². The molecule has 2 aromatic rings. The first-order chi connectivity index (χ1) is 13.8. The number of carbonyl (C=O) groups is 1. The van der Waals surface area contributed by atoms with Crippen molar-refractivity contribution < 1.29 is 9.53 Å². The number of hydrogen-bond acceptors (Lipinski definition) is 3. The van der Waals surface area contributed by atoms with E-state index in [2.05, 4.69) is 28.4 Å². The van der Waals surface area contributed by atoms with Crippen molar-refractivity contribution >= 4 is 11.7 Å². The molecule has 0 bridgehead atoms. The number of nitrogens with zero attached hydrogens (tertiary/aromatic N) is 2. The Kier molecular flexibility index (Phi) is 6.24. The topological polar surface area (TPSA) is 44.8 Å². The number of benzene rings is 2. The fraction of sp³-hybridized carbons (Fsp3) is 0.435. The summed E-state index contributed by atoms with van der Waals surface area (Å²) in [6.45, 7) is 5.30. The Morgan fingerprint density at radius 3 is 2.57 bits per heavy atom. The lowest BCUT2D eigenvalue weighted by atomic mass is 10.0. The van der Waals surface area contributed by atoms with Crippen LogP contribution in [0.15, 0.2) is 54.6 Å². The van der Waals surface area contributed by atoms with Gasteiger partial charge in [-0.1, -0.05) is 42.5 Å². The summed E-state index contributed by atoms with van der Waals surface area (Å²) >= 11 is 0. The molecule has 0 aromatic heterocycles. The number of urea groups is 1. The van der Waals surface area contributed by atoms with Crippen LogP contribution in [-0.2, 0) is 4.74 Å². The Labute approximate surface area is 167 Å². The summed E-state index contributed by atoms with van der Waals surface area (Å²) in [5, 5.41) is 3.13. The van der Waals surface area contributed by atoms with Gasteiger partial charge in [0, 0.05) is 37.9 Å². The van der Waals surface area contributed by atoms with E-state index in [1.807, 2.05) is 41.3 Å². The van der Waals surface area contributed by atoms with E-state index in [1.165, 1.54) is 6.42 Å². The van der Waals surface area contributed by atoms with Crippen LogP contribution in [0.4, 0.5) is 10.5 Å². The molecule has 2 heterocycles. The van der Waals surface area contributed by atoms with E-state index < -0.39 is 0 Å². The summed E-state index contributed by atoms with van der Waals surface area (Å²) < 4.78 is 5.46. The van der Waals surface area contributed by atoms with E-state index in [4.69, 9.17) is 4.74 Å². The zero-order valence-corrected chi connectivity index (χ0v) is 16.3. The van der Waals surface area contributed by atoms with Gasteiger partial charge in [-0.25, -0.2) is 4.79 Å². The Hall–Kier alpha value is -2.37. The third-order valence-corrected chi connectivity index (χ3v) is 5.68. The van der Waals surface area contributed by atoms with Crippen LogP contribution in [0.2, 0.25) is 0 Å². The molecular weight excluding hydrogens is 350 g/mol. The molecule has 2 amide bonds. The van der Waals surface area contributed by atoms with Crippen molar-refractivity contribution in [1.82, 2.24) is 9.80 Å². The smallest absolute Gasteiger partial charge is 0.322 e. The third kappa shape index (κ3) is 4.72. The van der Waals surface area contributed by atoms with Gasteiger partial charge in [0.15, 0.2) is 0 Å². The van der Waals surface area contributed by atoms with Gasteiger partial charge in [0.1, 0.15) is 0 Å². The average Bonchev–Trinajstić information content (AvgIpc) is 2.76. The lowest BCUT2D eigenvalue weighted by Crippen LogP contribution is -2.52. The van der Waals surface area contributed by atoms with Crippen LogP contribution in [0, 0.1) is 0 Å². The molecule has 2 aliphatic rings. The van der Waals surface area contributed by atoms with Crippen LogP contribution in [0.1, 0.15) is 19.3 Å². The molecule has 0 radical (unpaired) electrons. The molecule has 5 heteroatoms.